The van der Waals surface area contributed by atoms with Crippen LogP contribution in [0.3, 0.4) is 0 Å². The van der Waals surface area contributed by atoms with Gasteiger partial charge < -0.3 is 9.62 Å². The third kappa shape index (κ3) is 3.10. The van der Waals surface area contributed by atoms with Gasteiger partial charge in [0.15, 0.2) is 0 Å². The molecular formula is C9H16BLiN2. The van der Waals surface area contributed by atoms with Crippen molar-refractivity contribution in [2.45, 2.75) is 0 Å². The number of hydrogen-bond donors (Lipinski definition) is 0. The Morgan fingerprint density at radius 3 is 1.62 bits per heavy atom. The molecule has 0 N–H and O–H groups in total. The van der Waals surface area contributed by atoms with Gasteiger partial charge in [-0.25, -0.2) is 0 Å². The van der Waals surface area contributed by atoms with Crippen LogP contribution in [0.5, 0.6) is 0 Å². The zero-order valence-electron chi connectivity index (χ0n) is 9.28. The summed E-state index contributed by atoms with van der Waals surface area (Å²) in [7, 11) is 8.38. The molecule has 0 bridgehead atoms. The Morgan fingerprint density at radius 2 is 1.31 bits per heavy atom. The van der Waals surface area contributed by atoms with Crippen LogP contribution in [0.15, 0.2) is 24.3 Å². The SMILES string of the molecule is CN(C)[B-](=C1C=CC=C1)N(C)C.[Li+]. The second-order valence-corrected chi connectivity index (χ2v) is 3.52. The van der Waals surface area contributed by atoms with Crippen LogP contribution in [0.25, 0.3) is 0 Å². The second-order valence-electron chi connectivity index (χ2n) is 3.52. The Balaban J connectivity index is 0.00000144. The van der Waals surface area contributed by atoms with E-state index in [4.69, 9.17) is 0 Å². The molecule has 0 spiro atoms. The van der Waals surface area contributed by atoms with E-state index in [1.165, 1.54) is 5.46 Å². The van der Waals surface area contributed by atoms with Crippen LogP contribution in [-0.4, -0.2) is 49.9 Å². The van der Waals surface area contributed by atoms with E-state index < -0.39 is 0 Å². The van der Waals surface area contributed by atoms with Gasteiger partial charge in [-0.1, -0.05) is 24.3 Å². The number of hydrogen-bond acceptors (Lipinski definition) is 2. The molecule has 0 radical (unpaired) electrons. The molecule has 0 unspecified atom stereocenters. The molecule has 0 amide bonds. The molecule has 2 nitrogen and oxygen atoms in total. The summed E-state index contributed by atoms with van der Waals surface area (Å²) in [5, 5.41) is 0. The summed E-state index contributed by atoms with van der Waals surface area (Å²) in [5.74, 6) is 0. The first kappa shape index (κ1) is 12.6. The van der Waals surface area contributed by atoms with E-state index >= 15 is 0 Å². The van der Waals surface area contributed by atoms with Crippen molar-refractivity contribution < 1.29 is 18.9 Å². The van der Waals surface area contributed by atoms with Gasteiger partial charge >= 0.3 is 18.9 Å². The summed E-state index contributed by atoms with van der Waals surface area (Å²) >= 11 is 0. The maximum Gasteiger partial charge on any atom is 1.00 e. The molecule has 0 aromatic carbocycles. The minimum absolute atomic E-state index is 0. The minimum Gasteiger partial charge on any atom is -0.572 e. The molecule has 0 atom stereocenters. The number of allylic oxidation sites excluding steroid dienone is 4. The van der Waals surface area contributed by atoms with E-state index in [1.807, 2.05) is 0 Å². The van der Waals surface area contributed by atoms with Gasteiger partial charge in [0.25, 0.3) is 0 Å². The fraction of sp³-hybridized carbons (Fsp3) is 0.444. The van der Waals surface area contributed by atoms with Crippen LogP contribution >= 0.6 is 0 Å². The van der Waals surface area contributed by atoms with Crippen molar-refractivity contribution >= 4 is 12.1 Å². The summed E-state index contributed by atoms with van der Waals surface area (Å²) < 4.78 is 0. The van der Waals surface area contributed by atoms with E-state index in [9.17, 15) is 0 Å². The van der Waals surface area contributed by atoms with Gasteiger partial charge in [0.05, 0.1) is 6.62 Å². The average molecular weight is 170 g/mol. The maximum absolute atomic E-state index is 2.20. The zero-order chi connectivity index (χ0) is 9.14. The third-order valence-corrected chi connectivity index (χ3v) is 1.96. The topological polar surface area (TPSA) is 6.48 Å². The van der Waals surface area contributed by atoms with Crippen molar-refractivity contribution in [3.8, 4) is 0 Å². The standard InChI is InChI=1S/C9H16BN2.Li/c1-11(2)10(12(3)4)9-7-5-6-8-9;/h5-8H,1-4H3;/q-1;+1. The first-order chi connectivity index (χ1) is 5.63. The zero-order valence-corrected chi connectivity index (χ0v) is 9.28. The summed E-state index contributed by atoms with van der Waals surface area (Å²) in [6, 6.07) is 0. The number of rotatable bonds is 2. The molecule has 1 aliphatic rings. The van der Waals surface area contributed by atoms with Crippen LogP contribution in [-0.2, 0) is 0 Å². The molecule has 0 heterocycles. The number of nitrogens with zero attached hydrogens (tertiary/aromatic N) is 2. The molecule has 1 rings (SSSR count). The van der Waals surface area contributed by atoms with Crippen molar-refractivity contribution in [1.82, 2.24) is 9.62 Å². The predicted octanol–water partition coefficient (Wildman–Crippen LogP) is -2.52. The fourth-order valence-electron chi connectivity index (χ4n) is 1.62. The van der Waals surface area contributed by atoms with E-state index in [-0.39, 0.29) is 18.9 Å². The minimum atomic E-state index is 0. The molecule has 0 saturated heterocycles. The molecule has 0 fully saturated rings. The Bertz CT molecular complexity index is 230. The molecule has 13 heavy (non-hydrogen) atoms. The van der Waals surface area contributed by atoms with Crippen LogP contribution in [0.1, 0.15) is 0 Å². The monoisotopic (exact) mass is 170 g/mol. The average Bonchev–Trinajstić information content (AvgIpc) is 2.37. The van der Waals surface area contributed by atoms with Gasteiger partial charge in [-0.05, 0) is 28.2 Å². The quantitative estimate of drug-likeness (QED) is 0.422. The van der Waals surface area contributed by atoms with Crippen molar-refractivity contribution in [3.63, 3.8) is 0 Å². The first-order valence-corrected chi connectivity index (χ1v) is 4.17. The van der Waals surface area contributed by atoms with Gasteiger partial charge in [-0.15, -0.1) is 0 Å². The molecule has 0 saturated carbocycles. The second kappa shape index (κ2) is 5.37. The van der Waals surface area contributed by atoms with E-state index in [0.717, 1.165) is 0 Å². The molecule has 1 aliphatic carbocycles. The van der Waals surface area contributed by atoms with Gasteiger partial charge in [-0.3, -0.25) is 0 Å². The van der Waals surface area contributed by atoms with Crippen LogP contribution in [0.2, 0.25) is 0 Å². The normalized spacial score (nSPS) is 12.8. The summed E-state index contributed by atoms with van der Waals surface area (Å²) in [6.45, 7) is 0.389. The summed E-state index contributed by atoms with van der Waals surface area (Å²) in [6.07, 6.45) is 8.47. The molecule has 0 aliphatic heterocycles. The fourth-order valence-corrected chi connectivity index (χ4v) is 1.62. The van der Waals surface area contributed by atoms with Gasteiger partial charge in [0.2, 0.25) is 0 Å². The van der Waals surface area contributed by atoms with Crippen molar-refractivity contribution in [2.75, 3.05) is 28.2 Å². The first-order valence-electron chi connectivity index (χ1n) is 4.17. The van der Waals surface area contributed by atoms with E-state index in [2.05, 4.69) is 62.1 Å². The molecule has 0 aromatic rings. The molecule has 4 heteroatoms. The van der Waals surface area contributed by atoms with Crippen molar-refractivity contribution in [2.24, 2.45) is 0 Å². The van der Waals surface area contributed by atoms with Crippen LogP contribution in [0, 0.1) is 0 Å². The van der Waals surface area contributed by atoms with Crippen LogP contribution < -0.4 is 18.9 Å². The van der Waals surface area contributed by atoms with Crippen molar-refractivity contribution in [1.29, 1.82) is 0 Å². The van der Waals surface area contributed by atoms with Gasteiger partial charge in [0.1, 0.15) is 0 Å². The third-order valence-electron chi connectivity index (χ3n) is 1.96. The van der Waals surface area contributed by atoms with Gasteiger partial charge in [0, 0.05) is 0 Å². The molecular weight excluding hydrogens is 154 g/mol. The predicted molar refractivity (Wildman–Crippen MR) is 56.4 cm³/mol. The molecule has 0 aromatic heterocycles. The summed E-state index contributed by atoms with van der Waals surface area (Å²) in [5.41, 5.74) is 1.35. The van der Waals surface area contributed by atoms with E-state index in [1.54, 1.807) is 0 Å². The Labute approximate surface area is 93.2 Å². The maximum atomic E-state index is 2.20. The van der Waals surface area contributed by atoms with Crippen LogP contribution in [0.4, 0.5) is 0 Å². The van der Waals surface area contributed by atoms with E-state index in [0.29, 0.717) is 6.62 Å². The Morgan fingerprint density at radius 1 is 0.923 bits per heavy atom. The molecule has 66 valence electrons. The van der Waals surface area contributed by atoms with Crippen molar-refractivity contribution in [3.05, 3.63) is 24.3 Å². The Kier molecular flexibility index (Phi) is 5.21. The summed E-state index contributed by atoms with van der Waals surface area (Å²) in [4.78, 5) is 4.41. The van der Waals surface area contributed by atoms with Gasteiger partial charge in [-0.2, -0.15) is 5.46 Å². The smallest absolute Gasteiger partial charge is 0.572 e. The Hall–Kier alpha value is -0.388. The largest absolute Gasteiger partial charge is 1.00 e.